The maximum Gasteiger partial charge on any atom is 0.261 e. The largest absolute Gasteiger partial charge is 0.332 e. The fourth-order valence-electron chi connectivity index (χ4n) is 7.79. The van der Waals surface area contributed by atoms with E-state index in [2.05, 4.69) is 10.6 Å². The molecule has 1 heterocycles. The lowest BCUT2D eigenvalue weighted by atomic mass is 9.31. The van der Waals surface area contributed by atoms with Crippen LogP contribution in [0.5, 0.6) is 0 Å². The number of imide groups is 1. The molecule has 5 aliphatic rings. The number of rotatable bonds is 3. The molecule has 2 bridgehead atoms. The molecule has 1 spiro atoms. The van der Waals surface area contributed by atoms with Gasteiger partial charge in [0, 0.05) is 19.2 Å². The standard InChI is InChI=1S/C22H23N3O3S/c1-25-18(27)15-3-2-14(6-16(15)19(25)28)23-20(29)24-17(26)10-21-7-11-4-12-5-13(9-21)22(12,21)8-11/h2-3,6,11-13H,4-5,7-10H2,1H3,(H2,23,24,26,29). The average molecular weight is 410 g/mol. The van der Waals surface area contributed by atoms with Gasteiger partial charge in [-0.05, 0) is 91.1 Å². The minimum absolute atomic E-state index is 0.0133. The van der Waals surface area contributed by atoms with E-state index in [1.54, 1.807) is 18.2 Å². The van der Waals surface area contributed by atoms with Crippen LogP contribution in [-0.4, -0.2) is 34.8 Å². The number of fused-ring (bicyclic) bond motifs is 2. The second kappa shape index (κ2) is 5.45. The summed E-state index contributed by atoms with van der Waals surface area (Å²) in [5.41, 5.74) is 2.03. The Morgan fingerprint density at radius 3 is 2.69 bits per heavy atom. The number of carbonyl (C=O) groups excluding carboxylic acids is 3. The number of thiocarbonyl (C=S) groups is 1. The zero-order chi connectivity index (χ0) is 20.1. The number of carbonyl (C=O) groups is 3. The van der Waals surface area contributed by atoms with Crippen molar-refractivity contribution in [3.05, 3.63) is 29.3 Å². The third kappa shape index (κ3) is 2.06. The molecule has 0 radical (unpaired) electrons. The maximum atomic E-state index is 12.8. The molecule has 0 saturated heterocycles. The number of hydrogen-bond acceptors (Lipinski definition) is 4. The lowest BCUT2D eigenvalue weighted by Crippen LogP contribution is -2.67. The quantitative estimate of drug-likeness (QED) is 0.593. The van der Waals surface area contributed by atoms with Gasteiger partial charge in [-0.3, -0.25) is 19.3 Å². The third-order valence-electron chi connectivity index (χ3n) is 8.67. The Morgan fingerprint density at radius 2 is 1.93 bits per heavy atom. The van der Waals surface area contributed by atoms with Gasteiger partial charge in [0.2, 0.25) is 5.91 Å². The first-order valence-electron chi connectivity index (χ1n) is 10.4. The highest BCUT2D eigenvalue weighted by Gasteiger charge is 2.80. The summed E-state index contributed by atoms with van der Waals surface area (Å²) in [5.74, 6) is 1.92. The Balaban J connectivity index is 1.11. The molecular weight excluding hydrogens is 386 g/mol. The van der Waals surface area contributed by atoms with E-state index in [0.717, 1.165) is 22.7 Å². The molecule has 7 heteroatoms. The van der Waals surface area contributed by atoms with E-state index in [9.17, 15) is 14.4 Å². The first-order valence-corrected chi connectivity index (χ1v) is 10.8. The molecule has 0 aromatic heterocycles. The smallest absolute Gasteiger partial charge is 0.261 e. The molecular formula is C22H23N3O3S. The molecule has 5 atom stereocenters. The second-order valence-electron chi connectivity index (χ2n) is 9.77. The van der Waals surface area contributed by atoms with Gasteiger partial charge in [0.25, 0.3) is 11.8 Å². The summed E-state index contributed by atoms with van der Waals surface area (Å²) in [6.07, 6.45) is 7.10. The van der Waals surface area contributed by atoms with Crippen LogP contribution in [-0.2, 0) is 4.79 Å². The lowest BCUT2D eigenvalue weighted by Gasteiger charge is -2.73. The van der Waals surface area contributed by atoms with Crippen molar-refractivity contribution in [2.24, 2.45) is 28.6 Å². The van der Waals surface area contributed by atoms with Crippen molar-refractivity contribution in [3.8, 4) is 0 Å². The zero-order valence-electron chi connectivity index (χ0n) is 16.3. The van der Waals surface area contributed by atoms with Gasteiger partial charge in [0.1, 0.15) is 0 Å². The van der Waals surface area contributed by atoms with E-state index in [0.29, 0.717) is 28.7 Å². The number of anilines is 1. The van der Waals surface area contributed by atoms with Crippen LogP contribution in [0.1, 0.15) is 59.2 Å². The molecule has 6 rings (SSSR count). The van der Waals surface area contributed by atoms with Crippen molar-refractivity contribution in [1.82, 2.24) is 10.2 Å². The molecule has 4 saturated carbocycles. The summed E-state index contributed by atoms with van der Waals surface area (Å²) in [6, 6.07) is 4.93. The van der Waals surface area contributed by atoms with Gasteiger partial charge in [-0.2, -0.15) is 0 Å². The Bertz CT molecular complexity index is 1020. The summed E-state index contributed by atoms with van der Waals surface area (Å²) in [5, 5.41) is 6.06. The minimum Gasteiger partial charge on any atom is -0.332 e. The van der Waals surface area contributed by atoms with Crippen LogP contribution >= 0.6 is 12.2 Å². The SMILES string of the molecule is CN1C(=O)c2ccc(NC(=S)NC(=O)CC34CC5CC6CC(C3)C64C5)cc2C1=O. The third-order valence-corrected chi connectivity index (χ3v) is 8.88. The van der Waals surface area contributed by atoms with Crippen LogP contribution in [0.3, 0.4) is 0 Å². The summed E-state index contributed by atoms with van der Waals surface area (Å²) in [6.45, 7) is 0. The molecule has 1 aromatic carbocycles. The lowest BCUT2D eigenvalue weighted by molar-refractivity contribution is -0.244. The predicted molar refractivity (Wildman–Crippen MR) is 110 cm³/mol. The van der Waals surface area contributed by atoms with Crippen molar-refractivity contribution >= 4 is 40.7 Å². The fourth-order valence-corrected chi connectivity index (χ4v) is 8.02. The van der Waals surface area contributed by atoms with Crippen LogP contribution in [0.2, 0.25) is 0 Å². The summed E-state index contributed by atoms with van der Waals surface area (Å²) >= 11 is 5.33. The zero-order valence-corrected chi connectivity index (χ0v) is 17.1. The molecule has 29 heavy (non-hydrogen) atoms. The first kappa shape index (κ1) is 17.6. The number of benzene rings is 1. The maximum absolute atomic E-state index is 12.8. The number of hydrogen-bond donors (Lipinski definition) is 2. The first-order chi connectivity index (χ1) is 13.8. The van der Waals surface area contributed by atoms with E-state index in [-0.39, 0.29) is 28.2 Å². The second-order valence-corrected chi connectivity index (χ2v) is 10.2. The van der Waals surface area contributed by atoms with E-state index in [4.69, 9.17) is 12.2 Å². The highest BCUT2D eigenvalue weighted by Crippen LogP contribution is 2.87. The molecule has 4 fully saturated rings. The predicted octanol–water partition coefficient (Wildman–Crippen LogP) is 2.94. The molecule has 2 N–H and O–H groups in total. The Morgan fingerprint density at radius 1 is 1.14 bits per heavy atom. The van der Waals surface area contributed by atoms with Gasteiger partial charge < -0.3 is 10.6 Å². The Kier molecular flexibility index (Phi) is 3.30. The highest BCUT2D eigenvalue weighted by atomic mass is 32.1. The normalized spacial score (nSPS) is 37.6. The minimum atomic E-state index is -0.326. The van der Waals surface area contributed by atoms with E-state index >= 15 is 0 Å². The van der Waals surface area contributed by atoms with Gasteiger partial charge in [-0.1, -0.05) is 0 Å². The number of amides is 3. The highest BCUT2D eigenvalue weighted by molar-refractivity contribution is 7.80. The summed E-state index contributed by atoms with van der Waals surface area (Å²) in [7, 11) is 1.47. The van der Waals surface area contributed by atoms with E-state index < -0.39 is 0 Å². The molecule has 1 aliphatic heterocycles. The van der Waals surface area contributed by atoms with Crippen molar-refractivity contribution in [2.75, 3.05) is 12.4 Å². The Hall–Kier alpha value is -2.28. The molecule has 6 nitrogen and oxygen atoms in total. The molecule has 3 amide bonds. The Labute approximate surface area is 174 Å². The van der Waals surface area contributed by atoms with Gasteiger partial charge in [0.05, 0.1) is 11.1 Å². The average Bonchev–Trinajstić information content (AvgIpc) is 3.21. The van der Waals surface area contributed by atoms with Crippen LogP contribution in [0, 0.1) is 28.6 Å². The van der Waals surface area contributed by atoms with E-state index in [1.165, 1.54) is 39.2 Å². The van der Waals surface area contributed by atoms with Gasteiger partial charge in [-0.25, -0.2) is 0 Å². The van der Waals surface area contributed by atoms with Crippen molar-refractivity contribution in [1.29, 1.82) is 0 Å². The molecule has 5 unspecified atom stereocenters. The monoisotopic (exact) mass is 409 g/mol. The topological polar surface area (TPSA) is 78.5 Å². The number of nitrogens with zero attached hydrogens (tertiary/aromatic N) is 1. The van der Waals surface area contributed by atoms with Gasteiger partial charge >= 0.3 is 0 Å². The van der Waals surface area contributed by atoms with Crippen LogP contribution < -0.4 is 10.6 Å². The number of nitrogens with one attached hydrogen (secondary N) is 2. The van der Waals surface area contributed by atoms with Crippen molar-refractivity contribution in [2.45, 2.75) is 38.5 Å². The van der Waals surface area contributed by atoms with Crippen LogP contribution in [0.25, 0.3) is 0 Å². The fraction of sp³-hybridized carbons (Fsp3) is 0.545. The molecule has 4 aliphatic carbocycles. The van der Waals surface area contributed by atoms with Crippen molar-refractivity contribution < 1.29 is 14.4 Å². The van der Waals surface area contributed by atoms with Gasteiger partial charge in [0.15, 0.2) is 5.11 Å². The summed E-state index contributed by atoms with van der Waals surface area (Å²) < 4.78 is 0. The molecule has 1 aromatic rings. The van der Waals surface area contributed by atoms with Crippen LogP contribution in [0.15, 0.2) is 18.2 Å². The van der Waals surface area contributed by atoms with E-state index in [1.807, 2.05) is 0 Å². The van der Waals surface area contributed by atoms with Gasteiger partial charge in [-0.15, -0.1) is 0 Å². The molecule has 150 valence electrons. The summed E-state index contributed by atoms with van der Waals surface area (Å²) in [4.78, 5) is 38.0. The van der Waals surface area contributed by atoms with Crippen molar-refractivity contribution in [3.63, 3.8) is 0 Å². The van der Waals surface area contributed by atoms with Crippen LogP contribution in [0.4, 0.5) is 5.69 Å².